The average Bonchev–Trinajstić information content (AvgIpc) is 2.75. The van der Waals surface area contributed by atoms with Crippen LogP contribution in [0.15, 0.2) is 30.5 Å². The van der Waals surface area contributed by atoms with Gasteiger partial charge in [0.05, 0.1) is 6.20 Å². The van der Waals surface area contributed by atoms with Crippen LogP contribution in [0.2, 0.25) is 0 Å². The highest BCUT2D eigenvalue weighted by molar-refractivity contribution is 6.04. The zero-order valence-corrected chi connectivity index (χ0v) is 11.7. The van der Waals surface area contributed by atoms with Crippen LogP contribution in [0, 0.1) is 6.92 Å². The molecule has 1 aromatic heterocycles. The molecule has 1 aromatic carbocycles. The lowest BCUT2D eigenvalue weighted by Gasteiger charge is -2.22. The molecule has 2 N–H and O–H groups in total. The summed E-state index contributed by atoms with van der Waals surface area (Å²) in [6.45, 7) is 8.23. The zero-order chi connectivity index (χ0) is 14.0. The Morgan fingerprint density at radius 3 is 2.53 bits per heavy atom. The lowest BCUT2D eigenvalue weighted by Crippen LogP contribution is -2.19. The van der Waals surface area contributed by atoms with Crippen LogP contribution in [0.3, 0.4) is 0 Å². The summed E-state index contributed by atoms with van der Waals surface area (Å²) in [6.07, 6.45) is 1.64. The first-order valence-corrected chi connectivity index (χ1v) is 6.30. The van der Waals surface area contributed by atoms with E-state index in [9.17, 15) is 4.79 Å². The fourth-order valence-electron chi connectivity index (χ4n) is 2.01. The van der Waals surface area contributed by atoms with E-state index in [1.165, 1.54) is 0 Å². The predicted molar refractivity (Wildman–Crippen MR) is 76.4 cm³/mol. The molecular weight excluding hydrogens is 238 g/mol. The first kappa shape index (κ1) is 13.3. The molecule has 0 aliphatic rings. The van der Waals surface area contributed by atoms with Gasteiger partial charge in [-0.1, -0.05) is 39.0 Å². The van der Waals surface area contributed by atoms with Crippen molar-refractivity contribution in [2.45, 2.75) is 33.1 Å². The van der Waals surface area contributed by atoms with Crippen LogP contribution in [0.5, 0.6) is 0 Å². The van der Waals surface area contributed by atoms with Gasteiger partial charge in [-0.2, -0.15) is 5.10 Å². The van der Waals surface area contributed by atoms with Gasteiger partial charge in [0.25, 0.3) is 5.91 Å². The number of hydrogen-bond donors (Lipinski definition) is 2. The summed E-state index contributed by atoms with van der Waals surface area (Å²) in [5, 5.41) is 9.54. The molecule has 100 valence electrons. The van der Waals surface area contributed by atoms with Crippen LogP contribution in [0.1, 0.15) is 42.4 Å². The number of carbonyl (C=O) groups excluding carboxylic acids is 1. The third kappa shape index (κ3) is 2.84. The van der Waals surface area contributed by atoms with E-state index in [-0.39, 0.29) is 11.3 Å². The first-order valence-electron chi connectivity index (χ1n) is 6.30. The molecule has 0 unspecified atom stereocenters. The normalized spacial score (nSPS) is 11.4. The number of aryl methyl sites for hydroxylation is 1. The van der Waals surface area contributed by atoms with Crippen molar-refractivity contribution < 1.29 is 4.79 Å². The summed E-state index contributed by atoms with van der Waals surface area (Å²) < 4.78 is 0. The van der Waals surface area contributed by atoms with Gasteiger partial charge in [0, 0.05) is 5.69 Å². The maximum Gasteiger partial charge on any atom is 0.273 e. The quantitative estimate of drug-likeness (QED) is 0.867. The van der Waals surface area contributed by atoms with Crippen molar-refractivity contribution in [2.75, 3.05) is 5.32 Å². The molecule has 19 heavy (non-hydrogen) atoms. The minimum absolute atomic E-state index is 0.0209. The number of carbonyl (C=O) groups is 1. The molecule has 0 radical (unpaired) electrons. The number of aromatic nitrogens is 2. The Morgan fingerprint density at radius 2 is 1.95 bits per heavy atom. The summed E-state index contributed by atoms with van der Waals surface area (Å²) in [5.74, 6) is -0.160. The maximum absolute atomic E-state index is 12.2. The largest absolute Gasteiger partial charge is 0.320 e. The third-order valence-corrected chi connectivity index (χ3v) is 3.04. The summed E-state index contributed by atoms with van der Waals surface area (Å²) in [6, 6.07) is 7.86. The smallest absolute Gasteiger partial charge is 0.273 e. The molecule has 0 saturated carbocycles. The summed E-state index contributed by atoms with van der Waals surface area (Å²) in [4.78, 5) is 12.2. The van der Waals surface area contributed by atoms with Gasteiger partial charge in [0.2, 0.25) is 0 Å². The average molecular weight is 257 g/mol. The molecule has 0 spiro atoms. The molecule has 0 fully saturated rings. The molecule has 0 saturated heterocycles. The molecule has 2 rings (SSSR count). The molecule has 2 aromatic rings. The van der Waals surface area contributed by atoms with Gasteiger partial charge < -0.3 is 5.32 Å². The highest BCUT2D eigenvalue weighted by Gasteiger charge is 2.19. The Bertz CT molecular complexity index is 593. The summed E-state index contributed by atoms with van der Waals surface area (Å²) >= 11 is 0. The standard InChI is InChI=1S/C15H19N3O/c1-10-9-16-18-13(10)14(19)17-12-8-6-5-7-11(12)15(2,3)4/h5-9H,1-4H3,(H,16,18)(H,17,19). The second-order valence-corrected chi connectivity index (χ2v) is 5.68. The van der Waals surface area contributed by atoms with E-state index in [1.807, 2.05) is 31.2 Å². The van der Waals surface area contributed by atoms with E-state index in [2.05, 4.69) is 36.3 Å². The molecule has 0 atom stereocenters. The second-order valence-electron chi connectivity index (χ2n) is 5.68. The maximum atomic E-state index is 12.2. The number of aromatic amines is 1. The van der Waals surface area contributed by atoms with Crippen LogP contribution in [-0.2, 0) is 5.41 Å². The monoisotopic (exact) mass is 257 g/mol. The van der Waals surface area contributed by atoms with Crippen molar-refractivity contribution in [3.05, 3.63) is 47.3 Å². The molecule has 1 amide bonds. The molecule has 0 bridgehead atoms. The molecular formula is C15H19N3O. The summed E-state index contributed by atoms with van der Waals surface area (Å²) in [7, 11) is 0. The highest BCUT2D eigenvalue weighted by Crippen LogP contribution is 2.29. The molecule has 4 heteroatoms. The Labute approximate surface area is 113 Å². The van der Waals surface area contributed by atoms with Crippen molar-refractivity contribution in [2.24, 2.45) is 0 Å². The van der Waals surface area contributed by atoms with Gasteiger partial charge in [-0.3, -0.25) is 9.89 Å². The number of anilines is 1. The van der Waals surface area contributed by atoms with Gasteiger partial charge >= 0.3 is 0 Å². The van der Waals surface area contributed by atoms with Gasteiger partial charge in [-0.05, 0) is 29.5 Å². The van der Waals surface area contributed by atoms with Crippen LogP contribution in [0.25, 0.3) is 0 Å². The molecule has 0 aliphatic carbocycles. The van der Waals surface area contributed by atoms with E-state index in [4.69, 9.17) is 0 Å². The fraction of sp³-hybridized carbons (Fsp3) is 0.333. The van der Waals surface area contributed by atoms with E-state index in [0.29, 0.717) is 5.69 Å². The van der Waals surface area contributed by atoms with E-state index >= 15 is 0 Å². The lowest BCUT2D eigenvalue weighted by atomic mass is 9.86. The molecule has 0 aliphatic heterocycles. The number of benzene rings is 1. The van der Waals surface area contributed by atoms with Crippen LogP contribution in [-0.4, -0.2) is 16.1 Å². The topological polar surface area (TPSA) is 57.8 Å². The number of amides is 1. The number of para-hydroxylation sites is 1. The fourth-order valence-corrected chi connectivity index (χ4v) is 2.01. The minimum atomic E-state index is -0.160. The van der Waals surface area contributed by atoms with E-state index in [1.54, 1.807) is 6.20 Å². The number of hydrogen-bond acceptors (Lipinski definition) is 2. The summed E-state index contributed by atoms with van der Waals surface area (Å²) in [5.41, 5.74) is 3.27. The lowest BCUT2D eigenvalue weighted by molar-refractivity contribution is 0.102. The Morgan fingerprint density at radius 1 is 1.26 bits per heavy atom. The number of nitrogens with one attached hydrogen (secondary N) is 2. The number of rotatable bonds is 2. The van der Waals surface area contributed by atoms with Crippen LogP contribution in [0.4, 0.5) is 5.69 Å². The Balaban J connectivity index is 2.30. The first-order chi connectivity index (χ1) is 8.89. The van der Waals surface area contributed by atoms with E-state index < -0.39 is 0 Å². The SMILES string of the molecule is Cc1cn[nH]c1C(=O)Nc1ccccc1C(C)(C)C. The van der Waals surface area contributed by atoms with E-state index in [0.717, 1.165) is 16.8 Å². The number of H-pyrrole nitrogens is 1. The van der Waals surface area contributed by atoms with Gasteiger partial charge in [-0.15, -0.1) is 0 Å². The van der Waals surface area contributed by atoms with Crippen molar-refractivity contribution in [1.29, 1.82) is 0 Å². The minimum Gasteiger partial charge on any atom is -0.320 e. The second kappa shape index (κ2) is 4.88. The van der Waals surface area contributed by atoms with Crippen LogP contribution < -0.4 is 5.32 Å². The van der Waals surface area contributed by atoms with Gasteiger partial charge in [-0.25, -0.2) is 0 Å². The van der Waals surface area contributed by atoms with Crippen LogP contribution >= 0.6 is 0 Å². The predicted octanol–water partition coefficient (Wildman–Crippen LogP) is 3.27. The highest BCUT2D eigenvalue weighted by atomic mass is 16.1. The zero-order valence-electron chi connectivity index (χ0n) is 11.7. The van der Waals surface area contributed by atoms with Crippen molar-refractivity contribution in [3.63, 3.8) is 0 Å². The van der Waals surface area contributed by atoms with Crippen molar-refractivity contribution in [1.82, 2.24) is 10.2 Å². The Hall–Kier alpha value is -2.10. The Kier molecular flexibility index (Phi) is 3.42. The van der Waals surface area contributed by atoms with Gasteiger partial charge in [0.1, 0.15) is 5.69 Å². The molecule has 4 nitrogen and oxygen atoms in total. The van der Waals surface area contributed by atoms with Gasteiger partial charge in [0.15, 0.2) is 0 Å². The van der Waals surface area contributed by atoms with Crippen molar-refractivity contribution in [3.8, 4) is 0 Å². The number of nitrogens with zero attached hydrogens (tertiary/aromatic N) is 1. The molecule has 1 heterocycles. The van der Waals surface area contributed by atoms with Crippen molar-refractivity contribution >= 4 is 11.6 Å². The third-order valence-electron chi connectivity index (χ3n) is 3.04.